The Kier molecular flexibility index (Phi) is 5.56. The number of ether oxygens (including phenoxy) is 1. The highest BCUT2D eigenvalue weighted by Gasteiger charge is 2.27. The molecule has 0 bridgehead atoms. The molecule has 1 unspecified atom stereocenters. The van der Waals surface area contributed by atoms with E-state index in [4.69, 9.17) is 22.1 Å². The first-order chi connectivity index (χ1) is 12.5. The van der Waals surface area contributed by atoms with Gasteiger partial charge < -0.3 is 20.7 Å². The quantitative estimate of drug-likeness (QED) is 0.814. The van der Waals surface area contributed by atoms with Crippen molar-refractivity contribution < 1.29 is 14.3 Å². The molecule has 7 heteroatoms. The predicted molar refractivity (Wildman–Crippen MR) is 101 cm³/mol. The molecule has 3 N–H and O–H groups in total. The molecule has 0 saturated carbocycles. The molecule has 2 amide bonds. The monoisotopic (exact) mass is 373 g/mol. The van der Waals surface area contributed by atoms with Gasteiger partial charge >= 0.3 is 0 Å². The van der Waals surface area contributed by atoms with E-state index in [1.54, 1.807) is 23.1 Å². The Morgan fingerprint density at radius 3 is 2.73 bits per heavy atom. The van der Waals surface area contributed by atoms with E-state index in [1.807, 2.05) is 24.3 Å². The van der Waals surface area contributed by atoms with E-state index in [0.29, 0.717) is 23.7 Å². The first kappa shape index (κ1) is 18.4. The first-order valence-electron chi connectivity index (χ1n) is 8.21. The third-order valence-corrected chi connectivity index (χ3v) is 4.46. The lowest BCUT2D eigenvalue weighted by atomic mass is 10.1. The Bertz CT molecular complexity index is 823. The summed E-state index contributed by atoms with van der Waals surface area (Å²) in [4.78, 5) is 25.9. The van der Waals surface area contributed by atoms with Crippen LogP contribution in [0.2, 0.25) is 5.02 Å². The minimum Gasteiger partial charge on any atom is -0.383 e. The summed E-state index contributed by atoms with van der Waals surface area (Å²) in [5.41, 5.74) is 9.12. The zero-order chi connectivity index (χ0) is 18.7. The van der Waals surface area contributed by atoms with Crippen molar-refractivity contribution in [3.8, 4) is 0 Å². The molecule has 0 aliphatic carbocycles. The fraction of sp³-hybridized carbons (Fsp3) is 0.263. The first-order valence-corrected chi connectivity index (χ1v) is 8.59. The second-order valence-electron chi connectivity index (χ2n) is 6.18. The molecule has 26 heavy (non-hydrogen) atoms. The number of nitrogens with two attached hydrogens (primary N) is 1. The van der Waals surface area contributed by atoms with Gasteiger partial charge in [-0.1, -0.05) is 29.8 Å². The molecule has 0 radical (unpaired) electrons. The van der Waals surface area contributed by atoms with Crippen LogP contribution in [0.1, 0.15) is 11.1 Å². The van der Waals surface area contributed by atoms with Gasteiger partial charge in [0.1, 0.15) is 6.04 Å². The SMILES string of the molecule is COCC(N)C(=O)Nc1ccc(CN2C(=O)Cc3ccc(Cl)cc32)cc1. The van der Waals surface area contributed by atoms with Gasteiger partial charge in [0.05, 0.1) is 19.6 Å². The third kappa shape index (κ3) is 4.04. The van der Waals surface area contributed by atoms with E-state index in [1.165, 1.54) is 7.11 Å². The summed E-state index contributed by atoms with van der Waals surface area (Å²) in [5, 5.41) is 3.34. The second-order valence-corrected chi connectivity index (χ2v) is 6.61. The van der Waals surface area contributed by atoms with Crippen LogP contribution in [0.3, 0.4) is 0 Å². The lowest BCUT2D eigenvalue weighted by molar-refractivity contribution is -0.118. The van der Waals surface area contributed by atoms with E-state index >= 15 is 0 Å². The van der Waals surface area contributed by atoms with E-state index in [0.717, 1.165) is 16.8 Å². The molecule has 1 heterocycles. The smallest absolute Gasteiger partial charge is 0.243 e. The molecule has 6 nitrogen and oxygen atoms in total. The van der Waals surface area contributed by atoms with Crippen molar-refractivity contribution in [2.75, 3.05) is 23.9 Å². The number of nitrogens with one attached hydrogen (secondary N) is 1. The number of methoxy groups -OCH3 is 1. The van der Waals surface area contributed by atoms with Gasteiger partial charge in [0.15, 0.2) is 0 Å². The summed E-state index contributed by atoms with van der Waals surface area (Å²) in [7, 11) is 1.49. The largest absolute Gasteiger partial charge is 0.383 e. The summed E-state index contributed by atoms with van der Waals surface area (Å²) in [6.45, 7) is 0.604. The molecular formula is C19H20ClN3O3. The normalized spacial score (nSPS) is 14.3. The van der Waals surface area contributed by atoms with Crippen LogP contribution in [-0.4, -0.2) is 31.6 Å². The van der Waals surface area contributed by atoms with E-state index < -0.39 is 6.04 Å². The topological polar surface area (TPSA) is 84.7 Å². The molecule has 3 rings (SSSR count). The molecule has 0 spiro atoms. The van der Waals surface area contributed by atoms with Crippen LogP contribution >= 0.6 is 11.6 Å². The lowest BCUT2D eigenvalue weighted by Crippen LogP contribution is -2.39. The average molecular weight is 374 g/mol. The van der Waals surface area contributed by atoms with Crippen molar-refractivity contribution in [3.05, 3.63) is 58.6 Å². The fourth-order valence-electron chi connectivity index (χ4n) is 2.87. The minimum atomic E-state index is -0.719. The van der Waals surface area contributed by atoms with Gasteiger partial charge in [-0.3, -0.25) is 9.59 Å². The van der Waals surface area contributed by atoms with Crippen LogP contribution in [0.15, 0.2) is 42.5 Å². The lowest BCUT2D eigenvalue weighted by Gasteiger charge is -2.18. The van der Waals surface area contributed by atoms with Gasteiger partial charge in [0.2, 0.25) is 11.8 Å². The van der Waals surface area contributed by atoms with Gasteiger partial charge in [-0.15, -0.1) is 0 Å². The summed E-state index contributed by atoms with van der Waals surface area (Å²) in [5.74, 6) is -0.261. The number of hydrogen-bond acceptors (Lipinski definition) is 4. The van der Waals surface area contributed by atoms with E-state index in [2.05, 4.69) is 5.32 Å². The van der Waals surface area contributed by atoms with Crippen LogP contribution in [-0.2, 0) is 27.3 Å². The van der Waals surface area contributed by atoms with Crippen molar-refractivity contribution in [1.82, 2.24) is 0 Å². The van der Waals surface area contributed by atoms with Gasteiger partial charge in [-0.05, 0) is 35.4 Å². The van der Waals surface area contributed by atoms with Gasteiger partial charge in [-0.2, -0.15) is 0 Å². The van der Waals surface area contributed by atoms with E-state index in [-0.39, 0.29) is 18.4 Å². The number of carbonyl (C=O) groups is 2. The number of rotatable bonds is 6. The zero-order valence-corrected chi connectivity index (χ0v) is 15.1. The number of anilines is 2. The van der Waals surface area contributed by atoms with Crippen molar-refractivity contribution in [2.45, 2.75) is 19.0 Å². The van der Waals surface area contributed by atoms with Crippen molar-refractivity contribution in [3.63, 3.8) is 0 Å². The standard InChI is InChI=1S/C19H20ClN3O3/c1-26-11-16(21)19(25)22-15-6-2-12(3-7-15)10-23-17-9-14(20)5-4-13(17)8-18(23)24/h2-7,9,16H,8,10-11,21H2,1H3,(H,22,25). The fourth-order valence-corrected chi connectivity index (χ4v) is 3.04. The number of fused-ring (bicyclic) bond motifs is 1. The van der Waals surface area contributed by atoms with Crippen LogP contribution in [0, 0.1) is 0 Å². The van der Waals surface area contributed by atoms with Crippen LogP contribution < -0.4 is 16.0 Å². The number of amides is 2. The zero-order valence-electron chi connectivity index (χ0n) is 14.4. The molecule has 0 saturated heterocycles. The molecule has 136 valence electrons. The highest BCUT2D eigenvalue weighted by molar-refractivity contribution is 6.31. The van der Waals surface area contributed by atoms with Crippen LogP contribution in [0.4, 0.5) is 11.4 Å². The molecular weight excluding hydrogens is 354 g/mol. The predicted octanol–water partition coefficient (Wildman–Crippen LogP) is 2.34. The molecule has 0 fully saturated rings. The number of hydrogen-bond donors (Lipinski definition) is 2. The van der Waals surface area contributed by atoms with Crippen molar-refractivity contribution in [1.29, 1.82) is 0 Å². The van der Waals surface area contributed by atoms with Gasteiger partial charge in [-0.25, -0.2) is 0 Å². The summed E-state index contributed by atoms with van der Waals surface area (Å²) < 4.78 is 4.87. The number of carbonyl (C=O) groups excluding carboxylic acids is 2. The maximum atomic E-state index is 12.3. The van der Waals surface area contributed by atoms with Crippen LogP contribution in [0.25, 0.3) is 0 Å². The average Bonchev–Trinajstić information content (AvgIpc) is 2.92. The van der Waals surface area contributed by atoms with Crippen molar-refractivity contribution >= 4 is 34.8 Å². The molecule has 1 aliphatic heterocycles. The minimum absolute atomic E-state index is 0.0465. The number of halogens is 1. The van der Waals surface area contributed by atoms with E-state index in [9.17, 15) is 9.59 Å². The Labute approximate surface area is 156 Å². The summed E-state index contributed by atoms with van der Waals surface area (Å²) in [6, 6.07) is 12.1. The highest BCUT2D eigenvalue weighted by atomic mass is 35.5. The number of benzene rings is 2. The van der Waals surface area contributed by atoms with Gasteiger partial charge in [0, 0.05) is 23.5 Å². The Morgan fingerprint density at radius 2 is 2.04 bits per heavy atom. The Balaban J connectivity index is 1.68. The second kappa shape index (κ2) is 7.86. The van der Waals surface area contributed by atoms with Crippen molar-refractivity contribution in [2.24, 2.45) is 5.73 Å². The molecule has 1 atom stereocenters. The third-order valence-electron chi connectivity index (χ3n) is 4.23. The number of nitrogens with zero attached hydrogens (tertiary/aromatic N) is 1. The van der Waals surface area contributed by atoms with Gasteiger partial charge in [0.25, 0.3) is 0 Å². The Hall–Kier alpha value is -2.41. The molecule has 2 aromatic carbocycles. The maximum absolute atomic E-state index is 12.3. The molecule has 0 aromatic heterocycles. The molecule has 2 aromatic rings. The summed E-state index contributed by atoms with van der Waals surface area (Å²) >= 11 is 6.06. The maximum Gasteiger partial charge on any atom is 0.243 e. The summed E-state index contributed by atoms with van der Waals surface area (Å²) in [6.07, 6.45) is 0.387. The van der Waals surface area contributed by atoms with Crippen LogP contribution in [0.5, 0.6) is 0 Å². The molecule has 1 aliphatic rings. The highest BCUT2D eigenvalue weighted by Crippen LogP contribution is 2.32. The Morgan fingerprint density at radius 1 is 1.31 bits per heavy atom.